The molecule has 0 bridgehead atoms. The predicted octanol–water partition coefficient (Wildman–Crippen LogP) is 2.86. The van der Waals surface area contributed by atoms with E-state index in [0.29, 0.717) is 37.0 Å². The molecule has 2 N–H and O–H groups in total. The number of nitrogens with zero attached hydrogens (tertiary/aromatic N) is 1. The Balaban J connectivity index is 1.92. The van der Waals surface area contributed by atoms with Gasteiger partial charge in [-0.3, -0.25) is 4.79 Å². The van der Waals surface area contributed by atoms with E-state index in [1.807, 2.05) is 0 Å². The molecule has 1 aliphatic rings. The maximum Gasteiger partial charge on any atom is 0.251 e. The Labute approximate surface area is 170 Å². The molecule has 6 nitrogen and oxygen atoms in total. The molecule has 1 fully saturated rings. The minimum Gasteiger partial charge on any atom is -0.352 e. The maximum absolute atomic E-state index is 12.9. The van der Waals surface area contributed by atoms with E-state index >= 15 is 0 Å². The van der Waals surface area contributed by atoms with Gasteiger partial charge in [-0.15, -0.1) is 0 Å². The van der Waals surface area contributed by atoms with Crippen molar-refractivity contribution in [3.05, 3.63) is 29.8 Å². The van der Waals surface area contributed by atoms with Gasteiger partial charge in [0, 0.05) is 30.7 Å². The molecule has 0 radical (unpaired) electrons. The molecule has 1 aromatic rings. The molecule has 158 valence electrons. The summed E-state index contributed by atoms with van der Waals surface area (Å²) in [6.45, 7) is 13.0. The molecular weight excluding hydrogens is 374 g/mol. The molecule has 2 atom stereocenters. The van der Waals surface area contributed by atoms with Crippen molar-refractivity contribution in [2.45, 2.75) is 57.9 Å². The summed E-state index contributed by atoms with van der Waals surface area (Å²) < 4.78 is 27.4. The largest absolute Gasteiger partial charge is 0.352 e. The molecule has 2 rings (SSSR count). The zero-order valence-electron chi connectivity index (χ0n) is 17.8. The summed E-state index contributed by atoms with van der Waals surface area (Å²) in [6.07, 6.45) is 1.89. The standard InChI is InChI=1S/C21H35N3O3S/c1-16-13-17(2)15-24(14-16)28(26,27)19-9-7-18(8-10-19)20(25)22-11-6-12-23-21(3,4)5/h7-10,16-17,23H,6,11-15H2,1-5H3,(H,22,25)/t16-,17+. The first kappa shape index (κ1) is 22.8. The van der Waals surface area contributed by atoms with Crippen LogP contribution < -0.4 is 10.6 Å². The van der Waals surface area contributed by atoms with Crippen molar-refractivity contribution >= 4 is 15.9 Å². The molecule has 1 aliphatic heterocycles. The first-order chi connectivity index (χ1) is 13.0. The number of nitrogens with one attached hydrogen (secondary N) is 2. The summed E-state index contributed by atoms with van der Waals surface area (Å²) in [5.74, 6) is 0.535. The van der Waals surface area contributed by atoms with Gasteiger partial charge in [0.25, 0.3) is 5.91 Å². The summed E-state index contributed by atoms with van der Waals surface area (Å²) in [7, 11) is -3.52. The van der Waals surface area contributed by atoms with Gasteiger partial charge in [-0.25, -0.2) is 8.42 Å². The molecule has 0 aliphatic carbocycles. The first-order valence-electron chi connectivity index (χ1n) is 10.1. The number of piperidine rings is 1. The summed E-state index contributed by atoms with van der Waals surface area (Å²) in [5, 5.41) is 6.25. The monoisotopic (exact) mass is 409 g/mol. The molecule has 0 saturated carbocycles. The van der Waals surface area contributed by atoms with Crippen LogP contribution >= 0.6 is 0 Å². The zero-order chi connectivity index (χ0) is 20.9. The van der Waals surface area contributed by atoms with Gasteiger partial charge in [-0.2, -0.15) is 4.31 Å². The molecule has 0 aromatic heterocycles. The molecule has 7 heteroatoms. The second-order valence-corrected chi connectivity index (χ2v) is 11.0. The van der Waals surface area contributed by atoms with Crippen molar-refractivity contribution in [1.82, 2.24) is 14.9 Å². The number of amides is 1. The lowest BCUT2D eigenvalue weighted by atomic mass is 9.94. The first-order valence-corrected chi connectivity index (χ1v) is 11.6. The third-order valence-electron chi connectivity index (χ3n) is 4.88. The maximum atomic E-state index is 12.9. The highest BCUT2D eigenvalue weighted by Crippen LogP contribution is 2.26. The SMILES string of the molecule is C[C@@H]1C[C@H](C)CN(S(=O)(=O)c2ccc(C(=O)NCCCNC(C)(C)C)cc2)C1. The van der Waals surface area contributed by atoms with Crippen molar-refractivity contribution in [2.75, 3.05) is 26.2 Å². The van der Waals surface area contributed by atoms with Gasteiger partial charge in [0.15, 0.2) is 0 Å². The fourth-order valence-electron chi connectivity index (χ4n) is 3.59. The quantitative estimate of drug-likeness (QED) is 0.679. The highest BCUT2D eigenvalue weighted by molar-refractivity contribution is 7.89. The van der Waals surface area contributed by atoms with Gasteiger partial charge in [-0.1, -0.05) is 13.8 Å². The van der Waals surface area contributed by atoms with Gasteiger partial charge >= 0.3 is 0 Å². The van der Waals surface area contributed by atoms with Crippen LogP contribution in [0.4, 0.5) is 0 Å². The number of carbonyl (C=O) groups excluding carboxylic acids is 1. The number of hydrogen-bond acceptors (Lipinski definition) is 4. The Kier molecular flexibility index (Phi) is 7.65. The van der Waals surface area contributed by atoms with E-state index in [2.05, 4.69) is 45.3 Å². The molecule has 28 heavy (non-hydrogen) atoms. The number of carbonyl (C=O) groups is 1. The fourth-order valence-corrected chi connectivity index (χ4v) is 5.26. The lowest BCUT2D eigenvalue weighted by Gasteiger charge is -2.34. The van der Waals surface area contributed by atoms with E-state index in [9.17, 15) is 13.2 Å². The Morgan fingerprint density at radius 2 is 1.64 bits per heavy atom. The highest BCUT2D eigenvalue weighted by Gasteiger charge is 2.31. The van der Waals surface area contributed by atoms with Crippen LogP contribution in [0.5, 0.6) is 0 Å². The minimum absolute atomic E-state index is 0.0648. The van der Waals surface area contributed by atoms with Crippen LogP contribution in [0.1, 0.15) is 57.8 Å². The number of benzene rings is 1. The van der Waals surface area contributed by atoms with E-state index in [1.54, 1.807) is 16.4 Å². The van der Waals surface area contributed by atoms with Gasteiger partial charge in [0.2, 0.25) is 10.0 Å². The smallest absolute Gasteiger partial charge is 0.251 e. The van der Waals surface area contributed by atoms with E-state index in [-0.39, 0.29) is 16.3 Å². The Hall–Kier alpha value is -1.44. The molecular formula is C21H35N3O3S. The highest BCUT2D eigenvalue weighted by atomic mass is 32.2. The Morgan fingerprint density at radius 3 is 2.18 bits per heavy atom. The lowest BCUT2D eigenvalue weighted by Crippen LogP contribution is -2.42. The minimum atomic E-state index is -3.52. The summed E-state index contributed by atoms with van der Waals surface area (Å²) in [4.78, 5) is 12.5. The number of hydrogen-bond donors (Lipinski definition) is 2. The lowest BCUT2D eigenvalue weighted by molar-refractivity contribution is 0.0953. The van der Waals surface area contributed by atoms with E-state index < -0.39 is 10.0 Å². The fraction of sp³-hybridized carbons (Fsp3) is 0.667. The molecule has 0 spiro atoms. The Morgan fingerprint density at radius 1 is 1.07 bits per heavy atom. The normalized spacial score (nSPS) is 21.5. The van der Waals surface area contributed by atoms with E-state index in [0.717, 1.165) is 19.4 Å². The predicted molar refractivity (Wildman–Crippen MR) is 113 cm³/mol. The van der Waals surface area contributed by atoms with Crippen LogP contribution in [-0.4, -0.2) is 50.3 Å². The van der Waals surface area contributed by atoms with Crippen molar-refractivity contribution in [3.63, 3.8) is 0 Å². The zero-order valence-corrected chi connectivity index (χ0v) is 18.6. The van der Waals surface area contributed by atoms with Gasteiger partial charge in [0.1, 0.15) is 0 Å². The van der Waals surface area contributed by atoms with Crippen LogP contribution in [0.25, 0.3) is 0 Å². The van der Waals surface area contributed by atoms with Crippen LogP contribution in [0, 0.1) is 11.8 Å². The molecule has 0 unspecified atom stereocenters. The van der Waals surface area contributed by atoms with E-state index in [1.165, 1.54) is 12.1 Å². The van der Waals surface area contributed by atoms with Crippen LogP contribution in [-0.2, 0) is 10.0 Å². The van der Waals surface area contributed by atoms with Gasteiger partial charge in [0.05, 0.1) is 4.90 Å². The second-order valence-electron chi connectivity index (χ2n) is 9.08. The van der Waals surface area contributed by atoms with Crippen LogP contribution in [0.2, 0.25) is 0 Å². The third kappa shape index (κ3) is 6.57. The van der Waals surface area contributed by atoms with E-state index in [4.69, 9.17) is 0 Å². The topological polar surface area (TPSA) is 78.5 Å². The van der Waals surface area contributed by atoms with Crippen LogP contribution in [0.3, 0.4) is 0 Å². The van der Waals surface area contributed by atoms with Crippen molar-refractivity contribution in [3.8, 4) is 0 Å². The van der Waals surface area contributed by atoms with Crippen LogP contribution in [0.15, 0.2) is 29.2 Å². The molecule has 1 saturated heterocycles. The second kappa shape index (κ2) is 9.37. The summed E-state index contributed by atoms with van der Waals surface area (Å²) in [5.41, 5.74) is 0.540. The van der Waals surface area contributed by atoms with Crippen molar-refractivity contribution in [1.29, 1.82) is 0 Å². The molecule has 1 heterocycles. The summed E-state index contributed by atoms with van der Waals surface area (Å²) >= 11 is 0. The third-order valence-corrected chi connectivity index (χ3v) is 6.73. The van der Waals surface area contributed by atoms with Crippen molar-refractivity contribution in [2.24, 2.45) is 11.8 Å². The Bertz CT molecular complexity index is 744. The van der Waals surface area contributed by atoms with Gasteiger partial charge in [-0.05, 0) is 76.3 Å². The number of rotatable bonds is 7. The van der Waals surface area contributed by atoms with Crippen molar-refractivity contribution < 1.29 is 13.2 Å². The van der Waals surface area contributed by atoms with Gasteiger partial charge < -0.3 is 10.6 Å². The number of sulfonamides is 1. The molecule has 1 amide bonds. The average molecular weight is 410 g/mol. The molecule has 1 aromatic carbocycles. The average Bonchev–Trinajstić information content (AvgIpc) is 2.59. The summed E-state index contributed by atoms with van der Waals surface area (Å²) in [6, 6.07) is 6.25.